The Morgan fingerprint density at radius 1 is 1.14 bits per heavy atom. The Kier molecular flexibility index (Phi) is 6.67. The summed E-state index contributed by atoms with van der Waals surface area (Å²) in [5.41, 5.74) is 3.79. The molecule has 2 rings (SSSR count). The molecule has 1 aliphatic heterocycles. The Morgan fingerprint density at radius 3 is 2.14 bits per heavy atom. The number of benzene rings is 1. The molecule has 0 radical (unpaired) electrons. The zero-order chi connectivity index (χ0) is 14.8. The van der Waals surface area contributed by atoms with Crippen molar-refractivity contribution in [3.05, 3.63) is 34.9 Å². The highest BCUT2D eigenvalue weighted by Gasteiger charge is 2.35. The molecule has 2 N–H and O–H groups in total. The van der Waals surface area contributed by atoms with Crippen LogP contribution in [0.15, 0.2) is 18.2 Å². The zero-order valence-electron chi connectivity index (χ0n) is 13.6. The lowest BCUT2D eigenvalue weighted by Crippen LogP contribution is -2.49. The first-order valence-corrected chi connectivity index (χ1v) is 7.58. The third-order valence-electron chi connectivity index (χ3n) is 4.22. The maximum Gasteiger partial charge on any atom is 0.0500 e. The normalized spacial score (nSPS) is 18.1. The number of hydrogen-bond donors (Lipinski definition) is 2. The fourth-order valence-electron chi connectivity index (χ4n) is 3.35. The van der Waals surface area contributed by atoms with Gasteiger partial charge < -0.3 is 10.4 Å². The van der Waals surface area contributed by atoms with Gasteiger partial charge in [-0.1, -0.05) is 43.2 Å². The van der Waals surface area contributed by atoms with Gasteiger partial charge in [-0.2, -0.15) is 0 Å². The highest BCUT2D eigenvalue weighted by molar-refractivity contribution is 5.85. The van der Waals surface area contributed by atoms with Gasteiger partial charge in [-0.15, -0.1) is 12.4 Å². The predicted molar refractivity (Wildman–Crippen MR) is 91.2 cm³/mol. The van der Waals surface area contributed by atoms with E-state index < -0.39 is 0 Å². The van der Waals surface area contributed by atoms with Crippen molar-refractivity contribution in [1.29, 1.82) is 0 Å². The van der Waals surface area contributed by atoms with E-state index in [1.807, 2.05) is 0 Å². The lowest BCUT2D eigenvalue weighted by Gasteiger charge is -2.43. The van der Waals surface area contributed by atoms with Crippen molar-refractivity contribution in [2.75, 3.05) is 32.8 Å². The van der Waals surface area contributed by atoms with Gasteiger partial charge in [0.2, 0.25) is 0 Å². The van der Waals surface area contributed by atoms with Crippen molar-refractivity contribution in [2.24, 2.45) is 5.41 Å². The quantitative estimate of drug-likeness (QED) is 0.897. The average Bonchev–Trinajstić information content (AvgIpc) is 2.39. The lowest BCUT2D eigenvalue weighted by molar-refractivity contribution is 0.0305. The average molecular weight is 313 g/mol. The molecule has 0 bridgehead atoms. The minimum Gasteiger partial charge on any atom is -0.396 e. The van der Waals surface area contributed by atoms with E-state index >= 15 is 0 Å². The number of aryl methyl sites for hydroxylation is 2. The molecule has 1 fully saturated rings. The fraction of sp³-hybridized carbons (Fsp3) is 0.647. The van der Waals surface area contributed by atoms with Crippen LogP contribution in [-0.4, -0.2) is 42.8 Å². The number of piperazine rings is 1. The molecule has 1 aromatic rings. The Hall–Kier alpha value is -0.610. The molecule has 1 heterocycles. The zero-order valence-corrected chi connectivity index (χ0v) is 14.5. The largest absolute Gasteiger partial charge is 0.396 e. The van der Waals surface area contributed by atoms with Crippen LogP contribution in [0.4, 0.5) is 0 Å². The molecule has 1 aromatic carbocycles. The second-order valence-electron chi connectivity index (χ2n) is 6.76. The first kappa shape index (κ1) is 18.4. The number of nitrogens with one attached hydrogen (secondary N) is 1. The molecule has 1 aliphatic rings. The summed E-state index contributed by atoms with van der Waals surface area (Å²) in [6, 6.07) is 7.03. The number of aliphatic hydroxyl groups is 1. The molecular formula is C17H29ClN2O. The second-order valence-corrected chi connectivity index (χ2v) is 6.76. The fourth-order valence-corrected chi connectivity index (χ4v) is 3.35. The Labute approximate surface area is 135 Å². The van der Waals surface area contributed by atoms with Gasteiger partial charge in [-0.25, -0.2) is 0 Å². The summed E-state index contributed by atoms with van der Waals surface area (Å²) >= 11 is 0. The monoisotopic (exact) mass is 312 g/mol. The number of hydrogen-bond acceptors (Lipinski definition) is 3. The third-order valence-corrected chi connectivity index (χ3v) is 4.22. The Bertz CT molecular complexity index is 436. The summed E-state index contributed by atoms with van der Waals surface area (Å²) in [7, 11) is 0. The Morgan fingerprint density at radius 2 is 1.67 bits per heavy atom. The van der Waals surface area contributed by atoms with Crippen molar-refractivity contribution < 1.29 is 5.11 Å². The molecule has 0 unspecified atom stereocenters. The van der Waals surface area contributed by atoms with Gasteiger partial charge >= 0.3 is 0 Å². The molecule has 4 heteroatoms. The van der Waals surface area contributed by atoms with E-state index in [4.69, 9.17) is 0 Å². The van der Waals surface area contributed by atoms with Gasteiger partial charge in [0.1, 0.15) is 0 Å². The summed E-state index contributed by atoms with van der Waals surface area (Å²) in [5, 5.41) is 13.3. The van der Waals surface area contributed by atoms with Gasteiger partial charge in [0.15, 0.2) is 0 Å². The minimum atomic E-state index is -0.141. The van der Waals surface area contributed by atoms with Crippen LogP contribution in [0.2, 0.25) is 0 Å². The van der Waals surface area contributed by atoms with Crippen molar-refractivity contribution in [3.63, 3.8) is 0 Å². The van der Waals surface area contributed by atoms with Crippen LogP contribution in [0.5, 0.6) is 0 Å². The summed E-state index contributed by atoms with van der Waals surface area (Å²) in [6.45, 7) is 13.0. The SMILES string of the molecule is Cc1cc(C)cc([C@H](N2CCNCC2)C(C)(C)CO)c1.Cl. The first-order valence-electron chi connectivity index (χ1n) is 7.58. The van der Waals surface area contributed by atoms with Crippen LogP contribution in [0.1, 0.15) is 36.6 Å². The lowest BCUT2D eigenvalue weighted by atomic mass is 9.79. The number of halogens is 1. The standard InChI is InChI=1S/C17H28N2O.ClH/c1-13-9-14(2)11-15(10-13)16(17(3,4)12-20)19-7-5-18-6-8-19;/h9-11,16,18,20H,5-8,12H2,1-4H3;1H/t16-;/m0./s1. The van der Waals surface area contributed by atoms with E-state index in [-0.39, 0.29) is 30.5 Å². The molecule has 1 saturated heterocycles. The van der Waals surface area contributed by atoms with E-state index in [0.29, 0.717) is 0 Å². The maximum atomic E-state index is 9.85. The van der Waals surface area contributed by atoms with Crippen LogP contribution in [0.3, 0.4) is 0 Å². The molecular weight excluding hydrogens is 284 g/mol. The van der Waals surface area contributed by atoms with Crippen molar-refractivity contribution in [1.82, 2.24) is 10.2 Å². The minimum absolute atomic E-state index is 0. The van der Waals surface area contributed by atoms with E-state index in [2.05, 4.69) is 56.1 Å². The molecule has 0 amide bonds. The highest BCUT2D eigenvalue weighted by Crippen LogP contribution is 2.38. The molecule has 0 spiro atoms. The summed E-state index contributed by atoms with van der Waals surface area (Å²) in [5.74, 6) is 0. The highest BCUT2D eigenvalue weighted by atomic mass is 35.5. The second kappa shape index (κ2) is 7.59. The van der Waals surface area contributed by atoms with Crippen molar-refractivity contribution in [2.45, 2.75) is 33.7 Å². The third kappa shape index (κ3) is 4.43. The number of nitrogens with zero attached hydrogens (tertiary/aromatic N) is 1. The van der Waals surface area contributed by atoms with E-state index in [9.17, 15) is 5.11 Å². The van der Waals surface area contributed by atoms with Crippen LogP contribution < -0.4 is 5.32 Å². The number of aliphatic hydroxyl groups excluding tert-OH is 1. The van der Waals surface area contributed by atoms with Crippen LogP contribution in [0.25, 0.3) is 0 Å². The van der Waals surface area contributed by atoms with Gasteiger partial charge in [-0.05, 0) is 19.4 Å². The van der Waals surface area contributed by atoms with Crippen molar-refractivity contribution in [3.8, 4) is 0 Å². The summed E-state index contributed by atoms with van der Waals surface area (Å²) in [4.78, 5) is 2.51. The van der Waals surface area contributed by atoms with Gasteiger partial charge in [0.05, 0.1) is 0 Å². The molecule has 3 nitrogen and oxygen atoms in total. The van der Waals surface area contributed by atoms with E-state index in [1.54, 1.807) is 0 Å². The van der Waals surface area contributed by atoms with Gasteiger partial charge in [0.25, 0.3) is 0 Å². The van der Waals surface area contributed by atoms with E-state index in [0.717, 1.165) is 26.2 Å². The molecule has 0 aromatic heterocycles. The predicted octanol–water partition coefficient (Wildman–Crippen LogP) is 2.69. The molecule has 120 valence electrons. The van der Waals surface area contributed by atoms with Gasteiger partial charge in [0, 0.05) is 44.2 Å². The Balaban J connectivity index is 0.00000220. The smallest absolute Gasteiger partial charge is 0.0500 e. The van der Waals surface area contributed by atoms with Gasteiger partial charge in [-0.3, -0.25) is 4.90 Å². The van der Waals surface area contributed by atoms with E-state index in [1.165, 1.54) is 16.7 Å². The van der Waals surface area contributed by atoms with Crippen LogP contribution in [0, 0.1) is 19.3 Å². The molecule has 0 aliphatic carbocycles. The van der Waals surface area contributed by atoms with Crippen LogP contribution >= 0.6 is 12.4 Å². The molecule has 0 saturated carbocycles. The topological polar surface area (TPSA) is 35.5 Å². The van der Waals surface area contributed by atoms with Crippen LogP contribution in [-0.2, 0) is 0 Å². The molecule has 1 atom stereocenters. The first-order chi connectivity index (χ1) is 9.44. The van der Waals surface area contributed by atoms with Crippen molar-refractivity contribution >= 4 is 12.4 Å². The molecule has 21 heavy (non-hydrogen) atoms. The summed E-state index contributed by atoms with van der Waals surface area (Å²) < 4.78 is 0. The maximum absolute atomic E-state index is 9.85. The number of rotatable bonds is 4. The summed E-state index contributed by atoms with van der Waals surface area (Å²) in [6.07, 6.45) is 0.